The van der Waals surface area contributed by atoms with Crippen molar-refractivity contribution in [2.75, 3.05) is 13.1 Å². The number of aryl methyl sites for hydroxylation is 1. The lowest BCUT2D eigenvalue weighted by Gasteiger charge is -2.14. The van der Waals surface area contributed by atoms with Gasteiger partial charge in [-0.25, -0.2) is 14.1 Å². The number of hydrogen-bond acceptors (Lipinski definition) is 4. The standard InChI is InChI=1S/C28H28FN5O/c1-19-31-28(27(30)35)32-34(19)26-12-6-21(7-13-26)16-20-2-8-23(9-3-20)24-10-4-22(5-11-24)17-33-15-14-25(29)18-33/h2-13,25H,14-18H2,1H3,(H2,30,35). The molecule has 5 rings (SSSR count). The van der Waals surface area contributed by atoms with E-state index in [1.807, 2.05) is 12.1 Å². The van der Waals surface area contributed by atoms with E-state index >= 15 is 0 Å². The lowest BCUT2D eigenvalue weighted by molar-refractivity contribution is 0.0990. The monoisotopic (exact) mass is 469 g/mol. The van der Waals surface area contributed by atoms with Gasteiger partial charge in [-0.3, -0.25) is 9.69 Å². The van der Waals surface area contributed by atoms with Crippen LogP contribution >= 0.6 is 0 Å². The molecule has 6 nitrogen and oxygen atoms in total. The van der Waals surface area contributed by atoms with E-state index in [0.717, 1.165) is 25.2 Å². The smallest absolute Gasteiger partial charge is 0.288 e. The van der Waals surface area contributed by atoms with E-state index in [2.05, 4.69) is 75.6 Å². The third-order valence-electron chi connectivity index (χ3n) is 6.44. The van der Waals surface area contributed by atoms with Crippen molar-refractivity contribution >= 4 is 5.91 Å². The summed E-state index contributed by atoms with van der Waals surface area (Å²) in [6.45, 7) is 3.98. The topological polar surface area (TPSA) is 77.0 Å². The molecule has 2 N–H and O–H groups in total. The van der Waals surface area contributed by atoms with Gasteiger partial charge in [-0.15, -0.1) is 5.10 Å². The molecule has 0 bridgehead atoms. The van der Waals surface area contributed by atoms with Crippen LogP contribution in [0.25, 0.3) is 16.8 Å². The molecule has 1 aliphatic rings. The summed E-state index contributed by atoms with van der Waals surface area (Å²) in [4.78, 5) is 17.6. The maximum atomic E-state index is 13.4. The Morgan fingerprint density at radius 1 is 0.943 bits per heavy atom. The summed E-state index contributed by atoms with van der Waals surface area (Å²) >= 11 is 0. The lowest BCUT2D eigenvalue weighted by atomic mass is 9.99. The highest BCUT2D eigenvalue weighted by Gasteiger charge is 2.21. The van der Waals surface area contributed by atoms with E-state index < -0.39 is 12.1 Å². The van der Waals surface area contributed by atoms with Crippen LogP contribution in [0.15, 0.2) is 72.8 Å². The van der Waals surface area contributed by atoms with Gasteiger partial charge in [-0.1, -0.05) is 60.7 Å². The Morgan fingerprint density at radius 2 is 1.51 bits per heavy atom. The number of nitrogens with two attached hydrogens (primary N) is 1. The first-order valence-corrected chi connectivity index (χ1v) is 11.8. The van der Waals surface area contributed by atoms with Crippen LogP contribution in [-0.2, 0) is 13.0 Å². The van der Waals surface area contributed by atoms with Crippen LogP contribution in [0.4, 0.5) is 4.39 Å². The highest BCUT2D eigenvalue weighted by molar-refractivity contribution is 5.88. The number of alkyl halides is 1. The van der Waals surface area contributed by atoms with Crippen molar-refractivity contribution in [2.24, 2.45) is 5.73 Å². The third-order valence-corrected chi connectivity index (χ3v) is 6.44. The minimum atomic E-state index is -0.680. The van der Waals surface area contributed by atoms with Gasteiger partial charge in [-0.05, 0) is 59.7 Å². The summed E-state index contributed by atoms with van der Waals surface area (Å²) in [6, 6.07) is 25.2. The Hall–Kier alpha value is -3.84. The van der Waals surface area contributed by atoms with Gasteiger partial charge in [0, 0.05) is 19.6 Å². The molecule has 3 aromatic carbocycles. The molecule has 1 aliphatic heterocycles. The Kier molecular flexibility index (Phi) is 6.42. The molecule has 1 atom stereocenters. The van der Waals surface area contributed by atoms with Gasteiger partial charge in [0.1, 0.15) is 12.0 Å². The largest absolute Gasteiger partial charge is 0.363 e. The predicted octanol–water partition coefficient (Wildman–Crippen LogP) is 4.48. The molecule has 0 spiro atoms. The van der Waals surface area contributed by atoms with Crippen molar-refractivity contribution in [3.05, 3.63) is 101 Å². The molecule has 178 valence electrons. The number of likely N-dealkylation sites (tertiary alicyclic amines) is 1. The number of primary amides is 1. The Balaban J connectivity index is 1.22. The molecular weight excluding hydrogens is 441 g/mol. The van der Waals surface area contributed by atoms with Crippen molar-refractivity contribution in [1.82, 2.24) is 19.7 Å². The molecule has 1 unspecified atom stereocenters. The zero-order valence-corrected chi connectivity index (χ0v) is 19.7. The Morgan fingerprint density at radius 3 is 2.03 bits per heavy atom. The number of hydrogen-bond donors (Lipinski definition) is 1. The number of carbonyl (C=O) groups excluding carboxylic acids is 1. The molecular formula is C28H28FN5O. The second-order valence-corrected chi connectivity index (χ2v) is 9.12. The molecule has 35 heavy (non-hydrogen) atoms. The summed E-state index contributed by atoms with van der Waals surface area (Å²) in [5.41, 5.74) is 12.1. The Labute approximate surface area is 204 Å². The van der Waals surface area contributed by atoms with Crippen molar-refractivity contribution in [3.63, 3.8) is 0 Å². The predicted molar refractivity (Wildman–Crippen MR) is 134 cm³/mol. The van der Waals surface area contributed by atoms with E-state index in [4.69, 9.17) is 5.73 Å². The number of halogens is 1. The quantitative estimate of drug-likeness (QED) is 0.433. The van der Waals surface area contributed by atoms with Crippen LogP contribution in [0.2, 0.25) is 0 Å². The third kappa shape index (κ3) is 5.30. The first-order valence-electron chi connectivity index (χ1n) is 11.8. The van der Waals surface area contributed by atoms with Crippen molar-refractivity contribution in [3.8, 4) is 16.8 Å². The van der Waals surface area contributed by atoms with E-state index in [0.29, 0.717) is 18.8 Å². The van der Waals surface area contributed by atoms with E-state index in [-0.39, 0.29) is 5.82 Å². The number of nitrogens with zero attached hydrogens (tertiary/aromatic N) is 4. The van der Waals surface area contributed by atoms with Crippen LogP contribution in [0.1, 0.15) is 39.6 Å². The van der Waals surface area contributed by atoms with Gasteiger partial charge in [0.05, 0.1) is 5.69 Å². The number of aromatic nitrogens is 3. The summed E-state index contributed by atoms with van der Waals surface area (Å²) < 4.78 is 15.0. The molecule has 0 aliphatic carbocycles. The number of carbonyl (C=O) groups is 1. The second-order valence-electron chi connectivity index (χ2n) is 9.12. The molecule has 1 aromatic heterocycles. The van der Waals surface area contributed by atoms with Crippen LogP contribution in [0, 0.1) is 6.92 Å². The molecule has 1 saturated heterocycles. The van der Waals surface area contributed by atoms with Crippen molar-refractivity contribution in [1.29, 1.82) is 0 Å². The molecule has 2 heterocycles. The molecule has 0 saturated carbocycles. The van der Waals surface area contributed by atoms with Gasteiger partial charge < -0.3 is 5.73 Å². The fourth-order valence-corrected chi connectivity index (χ4v) is 4.53. The second kappa shape index (κ2) is 9.80. The zero-order valence-electron chi connectivity index (χ0n) is 19.7. The Bertz CT molecular complexity index is 1310. The fourth-order valence-electron chi connectivity index (χ4n) is 4.53. The van der Waals surface area contributed by atoms with Crippen LogP contribution in [-0.4, -0.2) is 44.8 Å². The van der Waals surface area contributed by atoms with Gasteiger partial charge in [0.25, 0.3) is 5.91 Å². The summed E-state index contributed by atoms with van der Waals surface area (Å²) in [6.07, 6.45) is 0.779. The molecule has 4 aromatic rings. The molecule has 7 heteroatoms. The van der Waals surface area contributed by atoms with Crippen molar-refractivity contribution < 1.29 is 9.18 Å². The van der Waals surface area contributed by atoms with Crippen molar-refractivity contribution in [2.45, 2.75) is 32.5 Å². The lowest BCUT2D eigenvalue weighted by Crippen LogP contribution is -2.20. The number of rotatable bonds is 7. The van der Waals surface area contributed by atoms with Gasteiger partial charge >= 0.3 is 0 Å². The van der Waals surface area contributed by atoms with E-state index in [1.54, 1.807) is 11.6 Å². The SMILES string of the molecule is Cc1nc(C(N)=O)nn1-c1ccc(Cc2ccc(-c3ccc(CN4CCC(F)C4)cc3)cc2)cc1. The van der Waals surface area contributed by atoms with Crippen LogP contribution in [0.5, 0.6) is 0 Å². The highest BCUT2D eigenvalue weighted by Crippen LogP contribution is 2.23. The average molecular weight is 470 g/mol. The van der Waals surface area contributed by atoms with Crippen LogP contribution < -0.4 is 5.73 Å². The highest BCUT2D eigenvalue weighted by atomic mass is 19.1. The fraction of sp³-hybridized carbons (Fsp3) is 0.250. The first kappa shape index (κ1) is 22.9. The zero-order chi connectivity index (χ0) is 24.4. The maximum Gasteiger partial charge on any atom is 0.288 e. The van der Waals surface area contributed by atoms with Gasteiger partial charge in [-0.2, -0.15) is 0 Å². The van der Waals surface area contributed by atoms with Gasteiger partial charge in [0.15, 0.2) is 0 Å². The van der Waals surface area contributed by atoms with E-state index in [1.165, 1.54) is 27.8 Å². The number of benzene rings is 3. The summed E-state index contributed by atoms with van der Waals surface area (Å²) in [5, 5.41) is 4.18. The summed E-state index contributed by atoms with van der Waals surface area (Å²) in [7, 11) is 0. The minimum absolute atomic E-state index is 0.0165. The van der Waals surface area contributed by atoms with Crippen LogP contribution in [0.3, 0.4) is 0 Å². The summed E-state index contributed by atoms with van der Waals surface area (Å²) in [5.74, 6) is -0.0105. The normalized spacial score (nSPS) is 16.0. The van der Waals surface area contributed by atoms with E-state index in [9.17, 15) is 9.18 Å². The number of amides is 1. The molecule has 1 fully saturated rings. The average Bonchev–Trinajstić information content (AvgIpc) is 3.46. The maximum absolute atomic E-state index is 13.4. The molecule has 1 amide bonds. The first-order chi connectivity index (χ1) is 16.9. The van der Waals surface area contributed by atoms with Gasteiger partial charge in [0.2, 0.25) is 5.82 Å². The minimum Gasteiger partial charge on any atom is -0.363 e. The molecule has 0 radical (unpaired) electrons.